The number of hydrogen-bond acceptors (Lipinski definition) is 8. The summed E-state index contributed by atoms with van der Waals surface area (Å²) in [6, 6.07) is 0. The molecule has 2 aromatic rings. The number of thiazole rings is 1. The topological polar surface area (TPSA) is 65.0 Å². The molecule has 0 aromatic carbocycles. The number of hydrogen-bond donors (Lipinski definition) is 0. The molecule has 0 aliphatic rings. The van der Waals surface area contributed by atoms with Gasteiger partial charge in [0.2, 0.25) is 10.0 Å². The summed E-state index contributed by atoms with van der Waals surface area (Å²) in [5, 5.41) is 5.82. The van der Waals surface area contributed by atoms with Gasteiger partial charge in [0, 0.05) is 16.8 Å². The average molecular weight is 355 g/mol. The van der Waals surface area contributed by atoms with E-state index in [-0.39, 0.29) is 16.0 Å². The lowest BCUT2D eigenvalue weighted by Gasteiger charge is -1.97. The zero-order chi connectivity index (χ0) is 15.5. The average Bonchev–Trinajstić information content (AvgIpc) is 3.05. The van der Waals surface area contributed by atoms with Crippen LogP contribution in [-0.2, 0) is 16.7 Å². The van der Waals surface area contributed by atoms with Crippen LogP contribution in [0.15, 0.2) is 10.5 Å². The molecule has 2 rings (SSSR count). The molecule has 2 aromatic heterocycles. The minimum atomic E-state index is -4.47. The fraction of sp³-hybridized carbons (Fsp3) is 0.400. The Bertz CT molecular complexity index is 626. The maximum atomic E-state index is 12.4. The summed E-state index contributed by atoms with van der Waals surface area (Å²) < 4.78 is 42.1. The van der Waals surface area contributed by atoms with Crippen molar-refractivity contribution in [2.45, 2.75) is 23.2 Å². The van der Waals surface area contributed by atoms with Crippen molar-refractivity contribution in [3.63, 3.8) is 0 Å². The monoisotopic (exact) mass is 355 g/mol. The van der Waals surface area contributed by atoms with Gasteiger partial charge in [-0.25, -0.2) is 9.78 Å². The van der Waals surface area contributed by atoms with Crippen molar-refractivity contribution >= 4 is 40.4 Å². The van der Waals surface area contributed by atoms with Crippen molar-refractivity contribution in [3.8, 4) is 0 Å². The summed E-state index contributed by atoms with van der Waals surface area (Å²) in [5.74, 6) is -0.141. The van der Waals surface area contributed by atoms with Gasteiger partial charge in [-0.2, -0.15) is 13.2 Å². The fourth-order valence-electron chi connectivity index (χ4n) is 1.18. The highest BCUT2D eigenvalue weighted by Gasteiger charge is 2.35. The molecule has 0 atom stereocenters. The molecule has 0 bridgehead atoms. The second kappa shape index (κ2) is 6.71. The van der Waals surface area contributed by atoms with E-state index >= 15 is 0 Å². The van der Waals surface area contributed by atoms with E-state index in [1.807, 2.05) is 0 Å². The molecular weight excluding hydrogens is 347 g/mol. The van der Waals surface area contributed by atoms with Crippen LogP contribution in [0.3, 0.4) is 0 Å². The molecule has 11 heteroatoms. The summed E-state index contributed by atoms with van der Waals surface area (Å²) in [6.45, 7) is 1.95. The molecule has 0 spiro atoms. The Hall–Kier alpha value is -1.20. The van der Waals surface area contributed by atoms with Crippen LogP contribution in [0.5, 0.6) is 0 Å². The van der Waals surface area contributed by atoms with Crippen molar-refractivity contribution in [3.05, 3.63) is 21.1 Å². The molecule has 0 fully saturated rings. The first-order chi connectivity index (χ1) is 9.90. The highest BCUT2D eigenvalue weighted by atomic mass is 32.2. The number of thioether (sulfide) groups is 1. The Morgan fingerprint density at radius 2 is 2.14 bits per heavy atom. The van der Waals surface area contributed by atoms with Gasteiger partial charge in [0.05, 0.1) is 6.61 Å². The first-order valence-electron chi connectivity index (χ1n) is 5.55. The maximum absolute atomic E-state index is 12.4. The third-order valence-corrected chi connectivity index (χ3v) is 5.30. The van der Waals surface area contributed by atoms with E-state index in [0.717, 1.165) is 28.0 Å². The van der Waals surface area contributed by atoms with Crippen LogP contribution in [0.25, 0.3) is 0 Å². The Kier molecular flexibility index (Phi) is 5.17. The van der Waals surface area contributed by atoms with Crippen LogP contribution < -0.4 is 0 Å². The van der Waals surface area contributed by atoms with Gasteiger partial charge in [-0.3, -0.25) is 0 Å². The van der Waals surface area contributed by atoms with Gasteiger partial charge in [0.15, 0.2) is 4.34 Å². The van der Waals surface area contributed by atoms with Gasteiger partial charge in [-0.1, -0.05) is 23.1 Å². The number of carbonyl (C=O) groups excluding carboxylic acids is 1. The van der Waals surface area contributed by atoms with E-state index < -0.39 is 17.2 Å². The molecule has 21 heavy (non-hydrogen) atoms. The normalized spacial score (nSPS) is 11.6. The smallest absolute Gasteiger partial charge is 0.445 e. The van der Waals surface area contributed by atoms with Crippen molar-refractivity contribution in [1.29, 1.82) is 0 Å². The van der Waals surface area contributed by atoms with Crippen LogP contribution in [-0.4, -0.2) is 27.8 Å². The molecule has 0 saturated heterocycles. The predicted molar refractivity (Wildman–Crippen MR) is 72.5 cm³/mol. The second-order valence-corrected chi connectivity index (χ2v) is 6.83. The van der Waals surface area contributed by atoms with Crippen molar-refractivity contribution in [2.24, 2.45) is 0 Å². The van der Waals surface area contributed by atoms with Crippen molar-refractivity contribution < 1.29 is 22.7 Å². The fourth-order valence-corrected chi connectivity index (χ4v) is 3.72. The summed E-state index contributed by atoms with van der Waals surface area (Å²) in [6.07, 6.45) is -2.98. The molecule has 0 radical (unpaired) electrons. The van der Waals surface area contributed by atoms with Crippen LogP contribution in [0.4, 0.5) is 13.2 Å². The number of carbonyl (C=O) groups is 1. The number of aromatic nitrogens is 3. The van der Waals surface area contributed by atoms with Crippen molar-refractivity contribution in [1.82, 2.24) is 15.2 Å². The Labute approximate surface area is 129 Å². The highest BCUT2D eigenvalue weighted by Crippen LogP contribution is 2.35. The van der Waals surface area contributed by atoms with Gasteiger partial charge in [0.25, 0.3) is 0 Å². The molecule has 0 N–H and O–H groups in total. The molecule has 0 amide bonds. The summed E-state index contributed by atoms with van der Waals surface area (Å²) >= 11 is 2.74. The zero-order valence-electron chi connectivity index (χ0n) is 10.5. The predicted octanol–water partition coefficient (Wildman–Crippen LogP) is 3.48. The van der Waals surface area contributed by atoms with Crippen LogP contribution in [0.1, 0.15) is 26.6 Å². The Morgan fingerprint density at radius 3 is 2.76 bits per heavy atom. The number of ether oxygens (including phenoxy) is 1. The molecule has 0 aliphatic heterocycles. The van der Waals surface area contributed by atoms with Crippen LogP contribution in [0, 0.1) is 0 Å². The van der Waals surface area contributed by atoms with E-state index in [0.29, 0.717) is 17.1 Å². The maximum Gasteiger partial charge on any atom is 0.445 e. The summed E-state index contributed by atoms with van der Waals surface area (Å²) in [4.78, 5) is 16.1. The molecule has 114 valence electrons. The van der Waals surface area contributed by atoms with E-state index in [4.69, 9.17) is 4.74 Å². The SMILES string of the molecule is CCOC(=O)c1ncc(CSc2nnc(C(F)(F)F)s2)s1. The van der Waals surface area contributed by atoms with E-state index in [9.17, 15) is 18.0 Å². The first-order valence-corrected chi connectivity index (χ1v) is 8.17. The summed E-state index contributed by atoms with van der Waals surface area (Å²) in [5.41, 5.74) is 0. The number of rotatable bonds is 5. The highest BCUT2D eigenvalue weighted by molar-refractivity contribution is 8.00. The molecule has 5 nitrogen and oxygen atoms in total. The number of nitrogens with zero attached hydrogens (tertiary/aromatic N) is 3. The standard InChI is InChI=1S/C10H8F3N3O2S3/c1-2-18-7(17)6-14-3-5(20-6)4-19-9-16-15-8(21-9)10(11,12)13/h3H,2,4H2,1H3. The lowest BCUT2D eigenvalue weighted by atomic mass is 10.6. The molecule has 0 saturated carbocycles. The molecule has 0 unspecified atom stereocenters. The minimum Gasteiger partial charge on any atom is -0.461 e. The van der Waals surface area contributed by atoms with Crippen LogP contribution in [0.2, 0.25) is 0 Å². The third kappa shape index (κ3) is 4.38. The van der Waals surface area contributed by atoms with E-state index in [1.165, 1.54) is 6.20 Å². The number of esters is 1. The first kappa shape index (κ1) is 16.2. The van der Waals surface area contributed by atoms with Crippen molar-refractivity contribution in [2.75, 3.05) is 6.61 Å². The largest absolute Gasteiger partial charge is 0.461 e. The van der Waals surface area contributed by atoms with Gasteiger partial charge >= 0.3 is 12.1 Å². The molecule has 0 aliphatic carbocycles. The number of alkyl halides is 3. The Morgan fingerprint density at radius 1 is 1.38 bits per heavy atom. The lowest BCUT2D eigenvalue weighted by Crippen LogP contribution is -2.03. The van der Waals surface area contributed by atoms with Gasteiger partial charge in [-0.05, 0) is 6.92 Å². The van der Waals surface area contributed by atoms with Crippen LogP contribution >= 0.6 is 34.4 Å². The quantitative estimate of drug-likeness (QED) is 0.604. The van der Waals surface area contributed by atoms with E-state index in [1.54, 1.807) is 6.92 Å². The molecular formula is C10H8F3N3O2S3. The van der Waals surface area contributed by atoms with Gasteiger partial charge < -0.3 is 4.74 Å². The third-order valence-electron chi connectivity index (χ3n) is 1.99. The zero-order valence-corrected chi connectivity index (χ0v) is 13.0. The molecule has 2 heterocycles. The second-order valence-electron chi connectivity index (χ2n) is 3.51. The minimum absolute atomic E-state index is 0.216. The van der Waals surface area contributed by atoms with Gasteiger partial charge in [0.1, 0.15) is 0 Å². The summed E-state index contributed by atoms with van der Waals surface area (Å²) in [7, 11) is 0. The number of halogens is 3. The van der Waals surface area contributed by atoms with Gasteiger partial charge in [-0.15, -0.1) is 21.5 Å². The lowest BCUT2D eigenvalue weighted by molar-refractivity contribution is -0.138. The van der Waals surface area contributed by atoms with E-state index in [2.05, 4.69) is 15.2 Å². The Balaban J connectivity index is 1.94.